The second-order valence-corrected chi connectivity index (χ2v) is 4.69. The Labute approximate surface area is 104 Å². The van der Waals surface area contributed by atoms with E-state index in [9.17, 15) is 5.11 Å². The minimum absolute atomic E-state index is 0.380. The molecule has 4 nitrogen and oxygen atoms in total. The van der Waals surface area contributed by atoms with Crippen molar-refractivity contribution in [3.8, 4) is 0 Å². The van der Waals surface area contributed by atoms with Crippen LogP contribution in [0.2, 0.25) is 0 Å². The molecule has 5 heteroatoms. The Morgan fingerprint density at radius 2 is 2.29 bits per heavy atom. The van der Waals surface area contributed by atoms with Gasteiger partial charge in [-0.25, -0.2) is 4.98 Å². The summed E-state index contributed by atoms with van der Waals surface area (Å²) in [6.45, 7) is 3.48. The number of likely N-dealkylation sites (N-methyl/N-ethyl adjacent to an activating group) is 1. The van der Waals surface area contributed by atoms with Crippen LogP contribution < -0.4 is 5.32 Å². The molecule has 0 amide bonds. The molecule has 1 heterocycles. The molecule has 0 saturated heterocycles. The van der Waals surface area contributed by atoms with Crippen LogP contribution in [-0.4, -0.2) is 35.0 Å². The number of hydrogen-bond acceptors (Lipinski definition) is 5. The lowest BCUT2D eigenvalue weighted by Gasteiger charge is -2.08. The van der Waals surface area contributed by atoms with E-state index in [0.29, 0.717) is 17.5 Å². The zero-order chi connectivity index (χ0) is 12.1. The van der Waals surface area contributed by atoms with Crippen LogP contribution >= 0.6 is 11.8 Å². The van der Waals surface area contributed by atoms with E-state index in [1.165, 1.54) is 11.8 Å². The van der Waals surface area contributed by atoms with E-state index in [-0.39, 0.29) is 6.10 Å². The first-order chi connectivity index (χ1) is 8.29. The van der Waals surface area contributed by atoms with E-state index in [4.69, 9.17) is 4.42 Å². The molecule has 92 valence electrons. The highest BCUT2D eigenvalue weighted by Crippen LogP contribution is 2.23. The number of aromatic nitrogens is 1. The van der Waals surface area contributed by atoms with E-state index in [2.05, 4.69) is 10.3 Å². The molecule has 1 unspecified atom stereocenters. The number of nitrogens with zero attached hydrogens (tertiary/aromatic N) is 1. The Bertz CT molecular complexity index is 439. The first-order valence-corrected chi connectivity index (χ1v) is 6.65. The molecule has 1 atom stereocenters. The number of aliphatic hydroxyl groups is 1. The molecule has 0 aliphatic heterocycles. The normalized spacial score (nSPS) is 13.1. The number of oxazole rings is 1. The Balaban J connectivity index is 1.90. The fourth-order valence-electron chi connectivity index (χ4n) is 1.45. The number of hydrogen-bond donors (Lipinski definition) is 2. The van der Waals surface area contributed by atoms with Gasteiger partial charge >= 0.3 is 0 Å². The van der Waals surface area contributed by atoms with Gasteiger partial charge in [0.05, 0.1) is 6.10 Å². The zero-order valence-electron chi connectivity index (χ0n) is 9.72. The molecule has 1 aromatic heterocycles. The highest BCUT2D eigenvalue weighted by atomic mass is 32.2. The number of aliphatic hydroxyl groups excluding tert-OH is 1. The van der Waals surface area contributed by atoms with Crippen LogP contribution in [0, 0.1) is 0 Å². The van der Waals surface area contributed by atoms with Crippen LogP contribution in [0.1, 0.15) is 6.92 Å². The number of para-hydroxylation sites is 2. The standard InChI is InChI=1S/C12H16N2O2S/c1-2-13-7-9(15)8-17-12-14-10-5-3-4-6-11(10)16-12/h3-6,9,13,15H,2,7-8H2,1H3. The van der Waals surface area contributed by atoms with Gasteiger partial charge in [-0.3, -0.25) is 0 Å². The van der Waals surface area contributed by atoms with Gasteiger partial charge in [0, 0.05) is 12.3 Å². The van der Waals surface area contributed by atoms with Crippen molar-refractivity contribution in [1.82, 2.24) is 10.3 Å². The second-order valence-electron chi connectivity index (χ2n) is 3.72. The lowest BCUT2D eigenvalue weighted by Crippen LogP contribution is -2.28. The van der Waals surface area contributed by atoms with Crippen molar-refractivity contribution in [2.75, 3.05) is 18.8 Å². The van der Waals surface area contributed by atoms with E-state index in [0.717, 1.165) is 17.6 Å². The minimum atomic E-state index is -0.380. The number of benzene rings is 1. The fraction of sp³-hybridized carbons (Fsp3) is 0.417. The number of fused-ring (bicyclic) bond motifs is 1. The monoisotopic (exact) mass is 252 g/mol. The zero-order valence-corrected chi connectivity index (χ0v) is 10.5. The van der Waals surface area contributed by atoms with Crippen LogP contribution in [0.5, 0.6) is 0 Å². The molecule has 0 radical (unpaired) electrons. The highest BCUT2D eigenvalue weighted by Gasteiger charge is 2.09. The molecule has 17 heavy (non-hydrogen) atoms. The molecular weight excluding hydrogens is 236 g/mol. The van der Waals surface area contributed by atoms with Gasteiger partial charge in [0.15, 0.2) is 5.58 Å². The number of rotatable bonds is 6. The first kappa shape index (κ1) is 12.4. The first-order valence-electron chi connectivity index (χ1n) is 5.66. The van der Waals surface area contributed by atoms with Crippen molar-refractivity contribution in [3.05, 3.63) is 24.3 Å². The summed E-state index contributed by atoms with van der Waals surface area (Å²) in [4.78, 5) is 4.33. The van der Waals surface area contributed by atoms with Gasteiger partial charge in [-0.2, -0.15) is 0 Å². The van der Waals surface area contributed by atoms with E-state index >= 15 is 0 Å². The predicted octanol–water partition coefficient (Wildman–Crippen LogP) is 1.89. The largest absolute Gasteiger partial charge is 0.431 e. The van der Waals surface area contributed by atoms with Crippen molar-refractivity contribution < 1.29 is 9.52 Å². The smallest absolute Gasteiger partial charge is 0.256 e. The molecule has 2 N–H and O–H groups in total. The number of nitrogens with one attached hydrogen (secondary N) is 1. The van der Waals surface area contributed by atoms with Crippen LogP contribution in [-0.2, 0) is 0 Å². The Morgan fingerprint density at radius 1 is 1.47 bits per heavy atom. The third kappa shape index (κ3) is 3.46. The van der Waals surface area contributed by atoms with Gasteiger partial charge in [0.25, 0.3) is 5.22 Å². The quantitative estimate of drug-likeness (QED) is 0.769. The van der Waals surface area contributed by atoms with Crippen LogP contribution in [0.15, 0.2) is 33.9 Å². The topological polar surface area (TPSA) is 58.3 Å². The summed E-state index contributed by atoms with van der Waals surface area (Å²) in [6, 6.07) is 7.65. The maximum Gasteiger partial charge on any atom is 0.256 e. The average Bonchev–Trinajstić information content (AvgIpc) is 2.76. The fourth-order valence-corrected chi connectivity index (χ4v) is 2.21. The van der Waals surface area contributed by atoms with E-state index in [1.54, 1.807) is 0 Å². The summed E-state index contributed by atoms with van der Waals surface area (Å²) in [7, 11) is 0. The third-order valence-corrected chi connectivity index (χ3v) is 3.28. The molecule has 0 aliphatic carbocycles. The maximum atomic E-state index is 9.66. The van der Waals surface area contributed by atoms with Gasteiger partial charge in [-0.05, 0) is 18.7 Å². The summed E-state index contributed by atoms with van der Waals surface area (Å²) >= 11 is 1.44. The lowest BCUT2D eigenvalue weighted by atomic mass is 10.3. The summed E-state index contributed by atoms with van der Waals surface area (Å²) in [5.41, 5.74) is 1.65. The molecule has 2 rings (SSSR count). The predicted molar refractivity (Wildman–Crippen MR) is 69.3 cm³/mol. The molecule has 0 saturated carbocycles. The second kappa shape index (κ2) is 6.05. The molecule has 0 bridgehead atoms. The molecule has 2 aromatic rings. The van der Waals surface area contributed by atoms with Gasteiger partial charge < -0.3 is 14.8 Å². The lowest BCUT2D eigenvalue weighted by molar-refractivity contribution is 0.196. The molecule has 0 aliphatic rings. The van der Waals surface area contributed by atoms with Crippen molar-refractivity contribution in [2.45, 2.75) is 18.3 Å². The summed E-state index contributed by atoms with van der Waals surface area (Å²) in [5, 5.41) is 13.4. The van der Waals surface area contributed by atoms with Crippen LogP contribution in [0.4, 0.5) is 0 Å². The summed E-state index contributed by atoms with van der Waals surface area (Å²) in [5.74, 6) is 0.583. The van der Waals surface area contributed by atoms with Crippen molar-refractivity contribution in [3.63, 3.8) is 0 Å². The number of thioether (sulfide) groups is 1. The SMILES string of the molecule is CCNCC(O)CSc1nc2ccccc2o1. The van der Waals surface area contributed by atoms with Crippen molar-refractivity contribution in [1.29, 1.82) is 0 Å². The van der Waals surface area contributed by atoms with E-state index < -0.39 is 0 Å². The Morgan fingerprint density at radius 3 is 3.06 bits per heavy atom. The average molecular weight is 252 g/mol. The van der Waals surface area contributed by atoms with Crippen LogP contribution in [0.3, 0.4) is 0 Å². The third-order valence-electron chi connectivity index (χ3n) is 2.30. The van der Waals surface area contributed by atoms with Crippen molar-refractivity contribution in [2.24, 2.45) is 0 Å². The highest BCUT2D eigenvalue weighted by molar-refractivity contribution is 7.99. The molecule has 0 spiro atoms. The van der Waals surface area contributed by atoms with E-state index in [1.807, 2.05) is 31.2 Å². The summed E-state index contributed by atoms with van der Waals surface area (Å²) < 4.78 is 5.54. The molecular formula is C12H16N2O2S. The maximum absolute atomic E-state index is 9.66. The summed E-state index contributed by atoms with van der Waals surface area (Å²) in [6.07, 6.45) is -0.380. The van der Waals surface area contributed by atoms with Crippen LogP contribution in [0.25, 0.3) is 11.1 Å². The van der Waals surface area contributed by atoms with Gasteiger partial charge in [-0.15, -0.1) is 0 Å². The Kier molecular flexibility index (Phi) is 4.42. The van der Waals surface area contributed by atoms with Gasteiger partial charge in [0.1, 0.15) is 5.52 Å². The Hall–Kier alpha value is -1.04. The molecule has 1 aromatic carbocycles. The molecule has 0 fully saturated rings. The van der Waals surface area contributed by atoms with Gasteiger partial charge in [-0.1, -0.05) is 30.8 Å². The minimum Gasteiger partial charge on any atom is -0.431 e. The van der Waals surface area contributed by atoms with Crippen molar-refractivity contribution >= 4 is 22.9 Å². The van der Waals surface area contributed by atoms with Gasteiger partial charge in [0.2, 0.25) is 0 Å².